The third-order valence-electron chi connectivity index (χ3n) is 5.04. The van der Waals surface area contributed by atoms with Crippen LogP contribution >= 0.6 is 0 Å². The molecule has 0 aromatic heterocycles. The van der Waals surface area contributed by atoms with Crippen LogP contribution in [0, 0.1) is 0 Å². The number of amides is 3. The topological polar surface area (TPSA) is 84.9 Å². The van der Waals surface area contributed by atoms with E-state index in [1.807, 2.05) is 12.1 Å². The smallest absolute Gasteiger partial charge is 0.317 e. The quantitative estimate of drug-likeness (QED) is 0.737. The Kier molecular flexibility index (Phi) is 5.55. The largest absolute Gasteiger partial charge is 0.390 e. The van der Waals surface area contributed by atoms with E-state index in [0.717, 1.165) is 18.7 Å². The van der Waals surface area contributed by atoms with Crippen molar-refractivity contribution in [1.29, 1.82) is 0 Å². The Labute approximate surface area is 148 Å². The number of nitrogens with zero attached hydrogens (tertiary/aromatic N) is 2. The number of urea groups is 1. The first-order chi connectivity index (χ1) is 12.1. The van der Waals surface area contributed by atoms with Crippen molar-refractivity contribution in [3.63, 3.8) is 0 Å². The van der Waals surface area contributed by atoms with Gasteiger partial charge in [0, 0.05) is 32.2 Å². The number of β-amino-alcohol motifs (C(OH)–C–C–N with tert-alkyl or cyclic N) is 1. The van der Waals surface area contributed by atoms with Crippen molar-refractivity contribution >= 4 is 11.9 Å². The Balaban J connectivity index is 1.50. The summed E-state index contributed by atoms with van der Waals surface area (Å²) in [6, 6.07) is 7.04. The number of aliphatic hydroxyl groups excluding tert-OH is 1. The summed E-state index contributed by atoms with van der Waals surface area (Å²) in [5.74, 6) is -0.130. The van der Waals surface area contributed by atoms with Crippen LogP contribution in [0.2, 0.25) is 0 Å². The second kappa shape index (κ2) is 7.84. The molecule has 0 radical (unpaired) electrons. The minimum atomic E-state index is -0.476. The molecule has 2 heterocycles. The van der Waals surface area contributed by atoms with Gasteiger partial charge < -0.3 is 20.6 Å². The van der Waals surface area contributed by atoms with Gasteiger partial charge in [-0.1, -0.05) is 12.1 Å². The van der Waals surface area contributed by atoms with E-state index in [0.29, 0.717) is 25.2 Å². The molecule has 7 nitrogen and oxygen atoms in total. The molecule has 2 aliphatic heterocycles. The van der Waals surface area contributed by atoms with Crippen molar-refractivity contribution in [3.8, 4) is 0 Å². The van der Waals surface area contributed by atoms with Crippen molar-refractivity contribution in [2.45, 2.75) is 31.5 Å². The molecule has 0 saturated carbocycles. The summed E-state index contributed by atoms with van der Waals surface area (Å²) in [5.41, 5.74) is 1.52. The first-order valence-corrected chi connectivity index (χ1v) is 8.84. The van der Waals surface area contributed by atoms with Gasteiger partial charge in [-0.05, 0) is 43.6 Å². The van der Waals surface area contributed by atoms with Crippen LogP contribution in [0.25, 0.3) is 0 Å². The Morgan fingerprint density at radius 1 is 1.16 bits per heavy atom. The fourth-order valence-corrected chi connectivity index (χ4v) is 3.58. The van der Waals surface area contributed by atoms with Crippen LogP contribution in [0.4, 0.5) is 4.79 Å². The number of likely N-dealkylation sites (tertiary alicyclic amines) is 2. The highest BCUT2D eigenvalue weighted by atomic mass is 16.3. The molecule has 0 bridgehead atoms. The molecule has 2 atom stereocenters. The van der Waals surface area contributed by atoms with Crippen molar-refractivity contribution in [1.82, 2.24) is 20.4 Å². The number of hydrogen-bond donors (Lipinski definition) is 3. The van der Waals surface area contributed by atoms with Crippen LogP contribution in [0.5, 0.6) is 0 Å². The third-order valence-corrected chi connectivity index (χ3v) is 5.04. The maximum Gasteiger partial charge on any atom is 0.317 e. The van der Waals surface area contributed by atoms with Gasteiger partial charge >= 0.3 is 6.03 Å². The maximum atomic E-state index is 12.4. The monoisotopic (exact) mass is 346 g/mol. The molecule has 1 aromatic rings. The van der Waals surface area contributed by atoms with E-state index in [1.54, 1.807) is 24.1 Å². The molecular weight excluding hydrogens is 320 g/mol. The molecule has 2 saturated heterocycles. The predicted octanol–water partition coefficient (Wildman–Crippen LogP) is 0.397. The van der Waals surface area contributed by atoms with Gasteiger partial charge in [0.05, 0.1) is 12.1 Å². The third kappa shape index (κ3) is 4.11. The van der Waals surface area contributed by atoms with Crippen LogP contribution in [0.1, 0.15) is 28.8 Å². The standard InChI is InChI=1S/C18H26N4O3/c1-19-17(24)14-6-4-13(5-7-14)10-20-18(25)22-11-15(16(23)12-22)21-8-2-3-9-21/h4-7,15-16,23H,2-3,8-12H2,1H3,(H,19,24)(H,20,25)/t15-,16-/m0/s1. The van der Waals surface area contributed by atoms with Gasteiger partial charge in [-0.2, -0.15) is 0 Å². The zero-order valence-corrected chi connectivity index (χ0v) is 14.6. The van der Waals surface area contributed by atoms with Crippen LogP contribution < -0.4 is 10.6 Å². The van der Waals surface area contributed by atoms with Gasteiger partial charge in [0.25, 0.3) is 5.91 Å². The second-order valence-electron chi connectivity index (χ2n) is 6.72. The van der Waals surface area contributed by atoms with E-state index in [-0.39, 0.29) is 18.0 Å². The van der Waals surface area contributed by atoms with Crippen LogP contribution in [0.3, 0.4) is 0 Å². The molecule has 3 N–H and O–H groups in total. The lowest BCUT2D eigenvalue weighted by Gasteiger charge is -2.25. The van der Waals surface area contributed by atoms with E-state index in [4.69, 9.17) is 0 Å². The Morgan fingerprint density at radius 2 is 1.84 bits per heavy atom. The molecule has 3 amide bonds. The molecule has 3 rings (SSSR count). The average Bonchev–Trinajstić information content (AvgIpc) is 3.28. The van der Waals surface area contributed by atoms with Crippen LogP contribution in [-0.2, 0) is 6.54 Å². The normalized spacial score (nSPS) is 23.7. The number of aliphatic hydroxyl groups is 1. The van der Waals surface area contributed by atoms with Crippen molar-refractivity contribution in [2.24, 2.45) is 0 Å². The van der Waals surface area contributed by atoms with Gasteiger partial charge in [0.15, 0.2) is 0 Å². The van der Waals surface area contributed by atoms with Gasteiger partial charge in [0.2, 0.25) is 0 Å². The highest BCUT2D eigenvalue weighted by Gasteiger charge is 2.38. The Hall–Kier alpha value is -2.12. The van der Waals surface area contributed by atoms with Gasteiger partial charge in [-0.25, -0.2) is 4.79 Å². The van der Waals surface area contributed by atoms with Crippen molar-refractivity contribution < 1.29 is 14.7 Å². The van der Waals surface area contributed by atoms with E-state index in [9.17, 15) is 14.7 Å². The fraction of sp³-hybridized carbons (Fsp3) is 0.556. The number of nitrogens with one attached hydrogen (secondary N) is 2. The molecule has 25 heavy (non-hydrogen) atoms. The highest BCUT2D eigenvalue weighted by Crippen LogP contribution is 2.21. The lowest BCUT2D eigenvalue weighted by atomic mass is 10.1. The number of benzene rings is 1. The predicted molar refractivity (Wildman–Crippen MR) is 94.2 cm³/mol. The van der Waals surface area contributed by atoms with Crippen molar-refractivity contribution in [3.05, 3.63) is 35.4 Å². The van der Waals surface area contributed by atoms with Gasteiger partial charge in [0.1, 0.15) is 0 Å². The Morgan fingerprint density at radius 3 is 2.48 bits per heavy atom. The molecule has 7 heteroatoms. The molecular formula is C18H26N4O3. The first-order valence-electron chi connectivity index (χ1n) is 8.84. The molecule has 0 unspecified atom stereocenters. The van der Waals surface area contributed by atoms with Crippen LogP contribution in [-0.4, -0.2) is 72.2 Å². The SMILES string of the molecule is CNC(=O)c1ccc(CNC(=O)N2C[C@H](O)[C@@H](N3CCCC3)C2)cc1. The molecule has 136 valence electrons. The summed E-state index contributed by atoms with van der Waals surface area (Å²) in [6.45, 7) is 3.36. The first kappa shape index (κ1) is 17.7. The van der Waals surface area contributed by atoms with E-state index in [2.05, 4.69) is 15.5 Å². The zero-order valence-electron chi connectivity index (χ0n) is 14.6. The summed E-state index contributed by atoms with van der Waals surface area (Å²) in [5, 5.41) is 15.7. The van der Waals surface area contributed by atoms with Crippen molar-refractivity contribution in [2.75, 3.05) is 33.2 Å². The number of carbonyl (C=O) groups excluding carboxylic acids is 2. The zero-order chi connectivity index (χ0) is 17.8. The lowest BCUT2D eigenvalue weighted by Crippen LogP contribution is -2.42. The average molecular weight is 346 g/mol. The molecule has 0 aliphatic carbocycles. The van der Waals surface area contributed by atoms with E-state index in [1.165, 1.54) is 12.8 Å². The number of rotatable bonds is 4. The fourth-order valence-electron chi connectivity index (χ4n) is 3.58. The molecule has 2 aliphatic rings. The summed E-state index contributed by atoms with van der Waals surface area (Å²) in [4.78, 5) is 27.9. The summed E-state index contributed by atoms with van der Waals surface area (Å²) in [6.07, 6.45) is 1.86. The molecule has 0 spiro atoms. The molecule has 1 aromatic carbocycles. The maximum absolute atomic E-state index is 12.4. The number of carbonyl (C=O) groups is 2. The second-order valence-corrected chi connectivity index (χ2v) is 6.72. The summed E-state index contributed by atoms with van der Waals surface area (Å²) >= 11 is 0. The minimum Gasteiger partial charge on any atom is -0.390 e. The summed E-state index contributed by atoms with van der Waals surface area (Å²) < 4.78 is 0. The minimum absolute atomic E-state index is 0.0556. The highest BCUT2D eigenvalue weighted by molar-refractivity contribution is 5.93. The summed E-state index contributed by atoms with van der Waals surface area (Å²) in [7, 11) is 1.59. The van der Waals surface area contributed by atoms with E-state index < -0.39 is 6.10 Å². The number of hydrogen-bond acceptors (Lipinski definition) is 4. The van der Waals surface area contributed by atoms with Gasteiger partial charge in [-0.3, -0.25) is 9.69 Å². The Bertz CT molecular complexity index is 613. The van der Waals surface area contributed by atoms with E-state index >= 15 is 0 Å². The van der Waals surface area contributed by atoms with Crippen LogP contribution in [0.15, 0.2) is 24.3 Å². The van der Waals surface area contributed by atoms with Gasteiger partial charge in [-0.15, -0.1) is 0 Å². The molecule has 2 fully saturated rings. The lowest BCUT2D eigenvalue weighted by molar-refractivity contribution is 0.0962.